The number of nitrogen functional groups attached to an aromatic ring is 1. The van der Waals surface area contributed by atoms with E-state index in [4.69, 9.17) is 15.6 Å². The van der Waals surface area contributed by atoms with Gasteiger partial charge < -0.3 is 25.9 Å². The Bertz CT molecular complexity index is 615. The van der Waals surface area contributed by atoms with Gasteiger partial charge in [0.1, 0.15) is 12.4 Å². The average molecular weight is 267 g/mol. The molecule has 1 aliphatic heterocycles. The Balaban J connectivity index is 2.05. The second-order valence-corrected chi connectivity index (χ2v) is 4.41. The molecule has 9 nitrogen and oxygen atoms in total. The van der Waals surface area contributed by atoms with Crippen molar-refractivity contribution in [3.63, 3.8) is 0 Å². The van der Waals surface area contributed by atoms with Gasteiger partial charge in [0.15, 0.2) is 11.7 Å². The van der Waals surface area contributed by atoms with Crippen molar-refractivity contribution < 1.29 is 19.7 Å². The number of hydrogen-bond acceptors (Lipinski definition) is 7. The molecule has 0 saturated carbocycles. The SMILES string of the molecule is Nc1c2ncn([C@@H]3O[C@H](CO)C[C@H]3O)c2nc[n+]1[O-]. The highest BCUT2D eigenvalue weighted by Gasteiger charge is 2.36. The Morgan fingerprint density at radius 2 is 2.37 bits per heavy atom. The van der Waals surface area contributed by atoms with E-state index in [0.717, 1.165) is 6.33 Å². The van der Waals surface area contributed by atoms with Gasteiger partial charge in [0.2, 0.25) is 12.0 Å². The van der Waals surface area contributed by atoms with Crippen molar-refractivity contribution >= 4 is 17.0 Å². The van der Waals surface area contributed by atoms with E-state index in [1.54, 1.807) is 0 Å². The van der Waals surface area contributed by atoms with Gasteiger partial charge in [-0.2, -0.15) is 0 Å². The molecule has 0 aliphatic carbocycles. The molecular formula is C10H13N5O4. The highest BCUT2D eigenvalue weighted by molar-refractivity contribution is 5.79. The highest BCUT2D eigenvalue weighted by Crippen LogP contribution is 2.30. The molecule has 19 heavy (non-hydrogen) atoms. The molecule has 0 unspecified atom stereocenters. The number of fused-ring (bicyclic) bond motifs is 1. The van der Waals surface area contributed by atoms with Crippen LogP contribution >= 0.6 is 0 Å². The largest absolute Gasteiger partial charge is 0.740 e. The topological polar surface area (TPSA) is 133 Å². The fourth-order valence-electron chi connectivity index (χ4n) is 2.22. The van der Waals surface area contributed by atoms with E-state index < -0.39 is 18.4 Å². The zero-order chi connectivity index (χ0) is 13.6. The molecule has 3 rings (SSSR count). The van der Waals surface area contributed by atoms with Crippen LogP contribution in [-0.2, 0) is 4.74 Å². The molecule has 0 bridgehead atoms. The van der Waals surface area contributed by atoms with Crippen LogP contribution in [0, 0.1) is 5.21 Å². The predicted molar refractivity (Wildman–Crippen MR) is 62.5 cm³/mol. The summed E-state index contributed by atoms with van der Waals surface area (Å²) in [6.07, 6.45) is 0.851. The molecule has 0 spiro atoms. The van der Waals surface area contributed by atoms with Crippen molar-refractivity contribution in [3.8, 4) is 0 Å². The first-order valence-electron chi connectivity index (χ1n) is 5.76. The van der Waals surface area contributed by atoms with E-state index in [1.807, 2.05) is 0 Å². The van der Waals surface area contributed by atoms with Gasteiger partial charge in [-0.05, 0) is 0 Å². The van der Waals surface area contributed by atoms with Crippen molar-refractivity contribution in [2.75, 3.05) is 12.3 Å². The number of nitrogens with two attached hydrogens (primary N) is 1. The summed E-state index contributed by atoms with van der Waals surface area (Å²) in [5, 5.41) is 30.3. The van der Waals surface area contributed by atoms with Gasteiger partial charge in [-0.25, -0.2) is 9.71 Å². The number of anilines is 1. The summed E-state index contributed by atoms with van der Waals surface area (Å²) >= 11 is 0. The third-order valence-corrected chi connectivity index (χ3v) is 3.18. The van der Waals surface area contributed by atoms with Crippen LogP contribution in [-0.4, -0.2) is 43.6 Å². The summed E-state index contributed by atoms with van der Waals surface area (Å²) in [6.45, 7) is -0.170. The van der Waals surface area contributed by atoms with Crippen LogP contribution in [0.25, 0.3) is 11.2 Å². The minimum Gasteiger partial charge on any atom is -0.740 e. The number of aliphatic hydroxyl groups excluding tert-OH is 2. The van der Waals surface area contributed by atoms with Gasteiger partial charge in [0.05, 0.1) is 12.7 Å². The Morgan fingerprint density at radius 1 is 1.58 bits per heavy atom. The fourth-order valence-corrected chi connectivity index (χ4v) is 2.22. The summed E-state index contributed by atoms with van der Waals surface area (Å²) in [4.78, 5) is 7.96. The molecule has 1 fully saturated rings. The van der Waals surface area contributed by atoms with Gasteiger partial charge in [0, 0.05) is 6.42 Å². The van der Waals surface area contributed by atoms with Crippen molar-refractivity contribution in [1.82, 2.24) is 14.5 Å². The predicted octanol–water partition coefficient (Wildman–Crippen LogP) is -1.71. The molecule has 0 aromatic carbocycles. The van der Waals surface area contributed by atoms with Gasteiger partial charge in [-0.3, -0.25) is 4.57 Å². The Labute approximate surface area is 107 Å². The smallest absolute Gasteiger partial charge is 0.251 e. The monoisotopic (exact) mass is 267 g/mol. The normalized spacial score (nSPS) is 27.2. The summed E-state index contributed by atoms with van der Waals surface area (Å²) in [7, 11) is 0. The molecule has 0 amide bonds. The number of aliphatic hydroxyl groups is 2. The molecule has 3 heterocycles. The van der Waals surface area contributed by atoms with Crippen molar-refractivity contribution in [1.29, 1.82) is 0 Å². The van der Waals surface area contributed by atoms with Crippen LogP contribution in [0.5, 0.6) is 0 Å². The van der Waals surface area contributed by atoms with E-state index in [2.05, 4.69) is 9.97 Å². The summed E-state index contributed by atoms with van der Waals surface area (Å²) in [5.41, 5.74) is 6.21. The molecule has 4 N–H and O–H groups in total. The lowest BCUT2D eigenvalue weighted by atomic mass is 10.2. The maximum Gasteiger partial charge on any atom is 0.251 e. The lowest BCUT2D eigenvalue weighted by Crippen LogP contribution is -2.31. The molecular weight excluding hydrogens is 254 g/mol. The van der Waals surface area contributed by atoms with Crippen LogP contribution in [0.3, 0.4) is 0 Å². The number of ether oxygens (including phenoxy) is 1. The zero-order valence-corrected chi connectivity index (χ0v) is 9.88. The lowest BCUT2D eigenvalue weighted by Gasteiger charge is -2.15. The minimum atomic E-state index is -0.780. The molecule has 0 radical (unpaired) electrons. The third-order valence-electron chi connectivity index (χ3n) is 3.18. The summed E-state index contributed by atoms with van der Waals surface area (Å²) in [6, 6.07) is 0. The number of hydrogen-bond donors (Lipinski definition) is 3. The van der Waals surface area contributed by atoms with Crippen LogP contribution in [0.15, 0.2) is 12.7 Å². The standard InChI is InChI=1S/C10H13N5O4/c11-8-7-9(13-4-15(8)18)14(3-12-7)10-6(17)1-5(2-16)19-10/h3-6,10,16-17H,1-2,11H2/t5-,6+,10+/m0/s1. The van der Waals surface area contributed by atoms with Gasteiger partial charge in [-0.15, -0.1) is 0 Å². The van der Waals surface area contributed by atoms with E-state index in [9.17, 15) is 10.3 Å². The maximum atomic E-state index is 11.3. The van der Waals surface area contributed by atoms with Crippen molar-refractivity contribution in [2.45, 2.75) is 24.9 Å². The highest BCUT2D eigenvalue weighted by atomic mass is 16.5. The quantitative estimate of drug-likeness (QED) is 0.435. The summed E-state index contributed by atoms with van der Waals surface area (Å²) in [5.74, 6) is -0.0602. The first kappa shape index (κ1) is 12.1. The second kappa shape index (κ2) is 4.30. The molecule has 1 aliphatic rings. The van der Waals surface area contributed by atoms with Crippen LogP contribution in [0.1, 0.15) is 12.6 Å². The molecule has 102 valence electrons. The molecule has 2 aromatic heterocycles. The van der Waals surface area contributed by atoms with Crippen LogP contribution < -0.4 is 10.5 Å². The maximum absolute atomic E-state index is 11.3. The van der Waals surface area contributed by atoms with Crippen molar-refractivity contribution in [2.24, 2.45) is 0 Å². The molecule has 9 heteroatoms. The third kappa shape index (κ3) is 1.79. The minimum absolute atomic E-state index is 0.0602. The van der Waals surface area contributed by atoms with Crippen molar-refractivity contribution in [3.05, 3.63) is 17.9 Å². The fraction of sp³-hybridized carbons (Fsp3) is 0.500. The number of aromatic nitrogens is 4. The number of rotatable bonds is 2. The van der Waals surface area contributed by atoms with Gasteiger partial charge >= 0.3 is 0 Å². The Kier molecular flexibility index (Phi) is 2.73. The van der Waals surface area contributed by atoms with E-state index in [0.29, 0.717) is 16.8 Å². The number of nitrogens with zero attached hydrogens (tertiary/aromatic N) is 4. The first-order valence-corrected chi connectivity index (χ1v) is 5.76. The molecule has 3 atom stereocenters. The average Bonchev–Trinajstić information content (AvgIpc) is 2.97. The van der Waals surface area contributed by atoms with E-state index in [-0.39, 0.29) is 17.9 Å². The molecule has 1 saturated heterocycles. The molecule has 2 aromatic rings. The Morgan fingerprint density at radius 3 is 3.05 bits per heavy atom. The first-order chi connectivity index (χ1) is 9.11. The van der Waals surface area contributed by atoms with Gasteiger partial charge in [-0.1, -0.05) is 4.98 Å². The van der Waals surface area contributed by atoms with Crippen LogP contribution in [0.2, 0.25) is 0 Å². The summed E-state index contributed by atoms with van der Waals surface area (Å²) < 4.78 is 7.43. The van der Waals surface area contributed by atoms with Crippen LogP contribution in [0.4, 0.5) is 5.82 Å². The lowest BCUT2D eigenvalue weighted by molar-refractivity contribution is -0.592. The number of imidazole rings is 1. The second-order valence-electron chi connectivity index (χ2n) is 4.41. The van der Waals surface area contributed by atoms with E-state index in [1.165, 1.54) is 10.9 Å². The Hall–Kier alpha value is -1.97. The van der Waals surface area contributed by atoms with Gasteiger partial charge in [0.25, 0.3) is 5.82 Å². The zero-order valence-electron chi connectivity index (χ0n) is 9.88. The van der Waals surface area contributed by atoms with E-state index >= 15 is 0 Å².